The van der Waals surface area contributed by atoms with Crippen LogP contribution in [0.2, 0.25) is 0 Å². The van der Waals surface area contributed by atoms with E-state index in [2.05, 4.69) is 174 Å². The van der Waals surface area contributed by atoms with Crippen molar-refractivity contribution in [3.05, 3.63) is 194 Å². The molecule has 3 heterocycles. The van der Waals surface area contributed by atoms with Gasteiger partial charge in [0.1, 0.15) is 0 Å². The predicted molar refractivity (Wildman–Crippen MR) is 235 cm³/mol. The quantitative estimate of drug-likeness (QED) is 0.171. The molecule has 1 aliphatic carbocycles. The van der Waals surface area contributed by atoms with Crippen LogP contribution in [0.4, 0.5) is 0 Å². The molecule has 1 atom stereocenters. The highest BCUT2D eigenvalue weighted by molar-refractivity contribution is 7.26. The fraction of sp³-hybridized carbons (Fsp3) is 0.0392. The summed E-state index contributed by atoms with van der Waals surface area (Å²) in [6, 6.07) is 60.4. The molecule has 0 aliphatic heterocycles. The Bertz CT molecular complexity index is 3100. The van der Waals surface area contributed by atoms with Crippen LogP contribution in [0, 0.1) is 0 Å². The number of nitrogens with zero attached hydrogens (tertiary/aromatic N) is 4. The molecule has 3 aromatic heterocycles. The van der Waals surface area contributed by atoms with Gasteiger partial charge in [0.2, 0.25) is 0 Å². The summed E-state index contributed by atoms with van der Waals surface area (Å²) in [6.07, 6.45) is 7.63. The van der Waals surface area contributed by atoms with Gasteiger partial charge >= 0.3 is 0 Å². The molecule has 0 amide bonds. The maximum atomic E-state index is 5.29. The molecule has 0 bridgehead atoms. The monoisotopic (exact) mass is 734 g/mol. The average Bonchev–Trinajstić information content (AvgIpc) is 3.83. The molecule has 1 aliphatic rings. The third kappa shape index (κ3) is 5.47. The van der Waals surface area contributed by atoms with Crippen LogP contribution < -0.4 is 0 Å². The Morgan fingerprint density at radius 3 is 1.77 bits per heavy atom. The van der Waals surface area contributed by atoms with E-state index in [0.29, 0.717) is 17.5 Å². The normalized spacial score (nSPS) is 14.2. The van der Waals surface area contributed by atoms with Crippen molar-refractivity contribution in [2.24, 2.45) is 0 Å². The molecule has 4 nitrogen and oxygen atoms in total. The highest BCUT2D eigenvalue weighted by Crippen LogP contribution is 2.46. The Hall–Kier alpha value is -6.95. The fourth-order valence-electron chi connectivity index (χ4n) is 8.36. The topological polar surface area (TPSA) is 43.6 Å². The van der Waals surface area contributed by atoms with Crippen LogP contribution in [0.25, 0.3) is 92.6 Å². The highest BCUT2D eigenvalue weighted by atomic mass is 32.1. The van der Waals surface area contributed by atoms with E-state index in [1.165, 1.54) is 64.2 Å². The maximum absolute atomic E-state index is 5.29. The lowest BCUT2D eigenvalue weighted by Crippen LogP contribution is -2.09. The van der Waals surface area contributed by atoms with Crippen LogP contribution in [-0.2, 0) is 0 Å². The van der Waals surface area contributed by atoms with Gasteiger partial charge < -0.3 is 4.57 Å². The van der Waals surface area contributed by atoms with E-state index < -0.39 is 0 Å². The predicted octanol–water partition coefficient (Wildman–Crippen LogP) is 13.6. The second kappa shape index (κ2) is 13.4. The van der Waals surface area contributed by atoms with Crippen molar-refractivity contribution in [1.82, 2.24) is 19.5 Å². The Morgan fingerprint density at radius 2 is 1.09 bits per heavy atom. The molecule has 0 fully saturated rings. The molecule has 264 valence electrons. The smallest absolute Gasteiger partial charge is 0.164 e. The van der Waals surface area contributed by atoms with E-state index >= 15 is 0 Å². The summed E-state index contributed by atoms with van der Waals surface area (Å²) in [7, 11) is 0. The van der Waals surface area contributed by atoms with Gasteiger partial charge in [-0.2, -0.15) is 0 Å². The zero-order valence-electron chi connectivity index (χ0n) is 30.4. The number of fused-ring (bicyclic) bond motifs is 6. The molecule has 0 saturated carbocycles. The van der Waals surface area contributed by atoms with Gasteiger partial charge in [-0.3, -0.25) is 0 Å². The van der Waals surface area contributed by atoms with Gasteiger partial charge in [-0.1, -0.05) is 158 Å². The molecule has 0 spiro atoms. The average molecular weight is 735 g/mol. The zero-order chi connectivity index (χ0) is 37.0. The Labute approximate surface area is 328 Å². The standard InChI is InChI=1S/C51H34N4S/c1-4-15-33(16-5-1)37-31-42(34-17-6-2-7-18-34)48-43(32-37)47-41(23-14-26-46(47)56-48)51-53-49(35-19-8-3-9-20-35)52-50(54-51)36-27-29-38(30-28-36)55-44-24-12-10-21-39(44)40-22-11-13-25-45(40)55/h1-29,31-32,38H,30H2. The first-order chi connectivity index (χ1) is 27.8. The largest absolute Gasteiger partial charge is 0.333 e. The SMILES string of the molecule is C1=CC(n2c3ccccc3c3ccccc32)CC=C1c1nc(-c2ccccc2)nc(-c2cccc3sc4c(-c5ccccc5)cc(-c5ccccc5)cc4c23)n1. The second-order valence-corrected chi connectivity index (χ2v) is 15.4. The molecular weight excluding hydrogens is 701 g/mol. The molecule has 11 rings (SSSR count). The zero-order valence-corrected chi connectivity index (χ0v) is 31.2. The molecule has 0 radical (unpaired) electrons. The summed E-state index contributed by atoms with van der Waals surface area (Å²) in [5.41, 5.74) is 10.3. The van der Waals surface area contributed by atoms with Crippen LogP contribution in [0.5, 0.6) is 0 Å². The van der Waals surface area contributed by atoms with E-state index in [-0.39, 0.29) is 6.04 Å². The van der Waals surface area contributed by atoms with Gasteiger partial charge in [0.25, 0.3) is 0 Å². The third-order valence-electron chi connectivity index (χ3n) is 11.0. The van der Waals surface area contributed by atoms with Crippen molar-refractivity contribution in [3.63, 3.8) is 0 Å². The Balaban J connectivity index is 1.08. The minimum absolute atomic E-state index is 0.169. The van der Waals surface area contributed by atoms with E-state index in [1.54, 1.807) is 0 Å². The molecule has 56 heavy (non-hydrogen) atoms. The van der Waals surface area contributed by atoms with Gasteiger partial charge in [0.15, 0.2) is 17.5 Å². The number of aromatic nitrogens is 4. The molecule has 0 saturated heterocycles. The molecule has 10 aromatic rings. The van der Waals surface area contributed by atoms with E-state index in [1.807, 2.05) is 29.5 Å². The summed E-state index contributed by atoms with van der Waals surface area (Å²) >= 11 is 1.83. The van der Waals surface area contributed by atoms with Crippen LogP contribution in [0.1, 0.15) is 18.3 Å². The summed E-state index contributed by atoms with van der Waals surface area (Å²) in [6.45, 7) is 0. The van der Waals surface area contributed by atoms with Gasteiger partial charge in [-0.05, 0) is 53.4 Å². The molecule has 0 N–H and O–H groups in total. The minimum Gasteiger partial charge on any atom is -0.333 e. The van der Waals surface area contributed by atoms with Crippen molar-refractivity contribution >= 4 is 58.9 Å². The number of para-hydroxylation sites is 2. The second-order valence-electron chi connectivity index (χ2n) is 14.3. The van der Waals surface area contributed by atoms with Gasteiger partial charge in [0, 0.05) is 64.2 Å². The lowest BCUT2D eigenvalue weighted by Gasteiger charge is -2.20. The summed E-state index contributed by atoms with van der Waals surface area (Å²) < 4.78 is 4.93. The van der Waals surface area contributed by atoms with Crippen LogP contribution >= 0.6 is 11.3 Å². The van der Waals surface area contributed by atoms with Gasteiger partial charge in [-0.15, -0.1) is 11.3 Å². The van der Waals surface area contributed by atoms with E-state index in [9.17, 15) is 0 Å². The molecule has 7 aromatic carbocycles. The third-order valence-corrected chi connectivity index (χ3v) is 12.2. The van der Waals surface area contributed by atoms with E-state index in [0.717, 1.165) is 23.1 Å². The minimum atomic E-state index is 0.169. The number of allylic oxidation sites excluding steroid dienone is 4. The van der Waals surface area contributed by atoms with Gasteiger partial charge in [-0.25, -0.2) is 15.0 Å². The lowest BCUT2D eigenvalue weighted by molar-refractivity contribution is 0.649. The Morgan fingerprint density at radius 1 is 0.482 bits per heavy atom. The van der Waals surface area contributed by atoms with Crippen molar-refractivity contribution in [2.45, 2.75) is 12.5 Å². The lowest BCUT2D eigenvalue weighted by atomic mass is 9.95. The summed E-state index contributed by atoms with van der Waals surface area (Å²) in [5.74, 6) is 2.01. The fourth-order valence-corrected chi connectivity index (χ4v) is 9.61. The summed E-state index contributed by atoms with van der Waals surface area (Å²) in [4.78, 5) is 15.6. The number of hydrogen-bond donors (Lipinski definition) is 0. The van der Waals surface area contributed by atoms with Crippen molar-refractivity contribution in [1.29, 1.82) is 0 Å². The van der Waals surface area contributed by atoms with Crippen LogP contribution in [0.15, 0.2) is 188 Å². The number of hydrogen-bond acceptors (Lipinski definition) is 4. The molecule has 5 heteroatoms. The van der Waals surface area contributed by atoms with Crippen molar-refractivity contribution in [3.8, 4) is 45.0 Å². The highest BCUT2D eigenvalue weighted by Gasteiger charge is 2.22. The number of rotatable bonds is 6. The summed E-state index contributed by atoms with van der Waals surface area (Å²) in [5, 5.41) is 4.93. The first-order valence-corrected chi connectivity index (χ1v) is 19.9. The van der Waals surface area contributed by atoms with Crippen molar-refractivity contribution in [2.75, 3.05) is 0 Å². The number of thiophene rings is 1. The molecule has 1 unspecified atom stereocenters. The van der Waals surface area contributed by atoms with Gasteiger partial charge in [0.05, 0.1) is 6.04 Å². The van der Waals surface area contributed by atoms with Crippen LogP contribution in [0.3, 0.4) is 0 Å². The first-order valence-electron chi connectivity index (χ1n) is 19.1. The van der Waals surface area contributed by atoms with E-state index in [4.69, 9.17) is 15.0 Å². The maximum Gasteiger partial charge on any atom is 0.164 e. The first kappa shape index (κ1) is 32.5. The Kier molecular flexibility index (Phi) is 7.78. The molecular formula is C51H34N4S. The van der Waals surface area contributed by atoms with Crippen molar-refractivity contribution < 1.29 is 0 Å². The number of benzene rings is 7. The van der Waals surface area contributed by atoms with Crippen LogP contribution in [-0.4, -0.2) is 19.5 Å².